The van der Waals surface area contributed by atoms with Crippen LogP contribution >= 0.6 is 0 Å². The fourth-order valence-electron chi connectivity index (χ4n) is 2.51. The first-order chi connectivity index (χ1) is 10.8. The average molecular weight is 288 g/mol. The molecule has 1 aromatic heterocycles. The standard InChI is InChI=1S/C18H12N2O2/c21-15-11-10-12-6-4-5-9-14(12)16(15)18-19-17(20-22-18)13-7-2-1-3-8-13/h1-11,21H. The lowest BCUT2D eigenvalue weighted by Gasteiger charge is -2.04. The Morgan fingerprint density at radius 1 is 0.818 bits per heavy atom. The maximum absolute atomic E-state index is 10.2. The molecular weight excluding hydrogens is 276 g/mol. The van der Waals surface area contributed by atoms with Gasteiger partial charge < -0.3 is 9.63 Å². The number of aromatic hydroxyl groups is 1. The van der Waals surface area contributed by atoms with Crippen LogP contribution in [0.4, 0.5) is 0 Å². The van der Waals surface area contributed by atoms with Crippen molar-refractivity contribution in [2.75, 3.05) is 0 Å². The Hall–Kier alpha value is -3.14. The van der Waals surface area contributed by atoms with Gasteiger partial charge in [-0.2, -0.15) is 4.98 Å². The Labute approximate surface area is 126 Å². The maximum atomic E-state index is 10.2. The highest BCUT2D eigenvalue weighted by atomic mass is 16.5. The van der Waals surface area contributed by atoms with Gasteiger partial charge in [0.15, 0.2) is 0 Å². The highest BCUT2D eigenvalue weighted by Crippen LogP contribution is 2.36. The quantitative estimate of drug-likeness (QED) is 0.598. The van der Waals surface area contributed by atoms with Crippen LogP contribution in [0.15, 0.2) is 71.3 Å². The lowest BCUT2D eigenvalue weighted by molar-refractivity contribution is 0.426. The number of benzene rings is 3. The summed E-state index contributed by atoms with van der Waals surface area (Å²) >= 11 is 0. The van der Waals surface area contributed by atoms with Crippen molar-refractivity contribution < 1.29 is 9.63 Å². The molecule has 0 aliphatic heterocycles. The number of hydrogen-bond donors (Lipinski definition) is 1. The van der Waals surface area contributed by atoms with Crippen LogP contribution in [0.2, 0.25) is 0 Å². The Morgan fingerprint density at radius 3 is 2.45 bits per heavy atom. The number of phenols is 1. The van der Waals surface area contributed by atoms with E-state index in [-0.39, 0.29) is 5.75 Å². The predicted octanol–water partition coefficient (Wildman–Crippen LogP) is 4.26. The van der Waals surface area contributed by atoms with Gasteiger partial charge in [-0.3, -0.25) is 0 Å². The number of phenolic OH excluding ortho intramolecular Hbond substituents is 1. The van der Waals surface area contributed by atoms with Crippen molar-refractivity contribution in [1.82, 2.24) is 10.1 Å². The fraction of sp³-hybridized carbons (Fsp3) is 0. The number of aromatic nitrogens is 2. The summed E-state index contributed by atoms with van der Waals surface area (Å²) in [6.07, 6.45) is 0. The second-order valence-corrected chi connectivity index (χ2v) is 4.97. The smallest absolute Gasteiger partial charge is 0.262 e. The lowest BCUT2D eigenvalue weighted by atomic mass is 10.0. The third kappa shape index (κ3) is 2.02. The average Bonchev–Trinajstić information content (AvgIpc) is 3.05. The molecule has 0 bridgehead atoms. The van der Waals surface area contributed by atoms with Crippen LogP contribution < -0.4 is 0 Å². The molecule has 0 atom stereocenters. The molecule has 4 aromatic rings. The molecule has 0 saturated carbocycles. The lowest BCUT2D eigenvalue weighted by Crippen LogP contribution is -1.84. The van der Waals surface area contributed by atoms with Crippen molar-refractivity contribution in [3.63, 3.8) is 0 Å². The van der Waals surface area contributed by atoms with Crippen LogP contribution in [-0.2, 0) is 0 Å². The molecule has 0 aliphatic carbocycles. The Morgan fingerprint density at radius 2 is 1.59 bits per heavy atom. The van der Waals surface area contributed by atoms with Gasteiger partial charge in [0.1, 0.15) is 5.75 Å². The molecule has 0 amide bonds. The van der Waals surface area contributed by atoms with Crippen LogP contribution in [0.5, 0.6) is 5.75 Å². The van der Waals surface area contributed by atoms with Gasteiger partial charge in [0.05, 0.1) is 5.56 Å². The number of rotatable bonds is 2. The molecule has 4 rings (SSSR count). The third-order valence-corrected chi connectivity index (χ3v) is 3.58. The van der Waals surface area contributed by atoms with E-state index in [1.807, 2.05) is 60.7 Å². The molecule has 0 fully saturated rings. The van der Waals surface area contributed by atoms with Crippen LogP contribution in [-0.4, -0.2) is 15.2 Å². The first-order valence-corrected chi connectivity index (χ1v) is 6.93. The van der Waals surface area contributed by atoms with Crippen LogP contribution in [0.25, 0.3) is 33.6 Å². The van der Waals surface area contributed by atoms with E-state index < -0.39 is 0 Å². The molecule has 1 N–H and O–H groups in total. The van der Waals surface area contributed by atoms with Gasteiger partial charge in [0.2, 0.25) is 5.82 Å². The topological polar surface area (TPSA) is 59.2 Å². The van der Waals surface area contributed by atoms with Gasteiger partial charge in [-0.1, -0.05) is 65.8 Å². The third-order valence-electron chi connectivity index (χ3n) is 3.58. The number of nitrogens with zero attached hydrogens (tertiary/aromatic N) is 2. The van der Waals surface area contributed by atoms with Gasteiger partial charge in [0.25, 0.3) is 5.89 Å². The fourth-order valence-corrected chi connectivity index (χ4v) is 2.51. The molecule has 0 unspecified atom stereocenters. The highest BCUT2D eigenvalue weighted by Gasteiger charge is 2.16. The molecule has 3 aromatic carbocycles. The second-order valence-electron chi connectivity index (χ2n) is 4.97. The van der Waals surface area contributed by atoms with E-state index in [1.54, 1.807) is 6.07 Å². The largest absolute Gasteiger partial charge is 0.507 e. The molecule has 0 saturated heterocycles. The summed E-state index contributed by atoms with van der Waals surface area (Å²) in [5.41, 5.74) is 1.44. The number of fused-ring (bicyclic) bond motifs is 1. The van der Waals surface area contributed by atoms with E-state index in [0.29, 0.717) is 17.3 Å². The van der Waals surface area contributed by atoms with Crippen molar-refractivity contribution in [3.8, 4) is 28.6 Å². The van der Waals surface area contributed by atoms with E-state index in [2.05, 4.69) is 10.1 Å². The first-order valence-electron chi connectivity index (χ1n) is 6.93. The molecule has 0 spiro atoms. The van der Waals surface area contributed by atoms with E-state index in [0.717, 1.165) is 16.3 Å². The number of hydrogen-bond acceptors (Lipinski definition) is 4. The molecular formula is C18H12N2O2. The van der Waals surface area contributed by atoms with Crippen molar-refractivity contribution in [2.45, 2.75) is 0 Å². The summed E-state index contributed by atoms with van der Waals surface area (Å²) in [6.45, 7) is 0. The Bertz CT molecular complexity index is 946. The van der Waals surface area contributed by atoms with Crippen LogP contribution in [0, 0.1) is 0 Å². The molecule has 0 radical (unpaired) electrons. The zero-order chi connectivity index (χ0) is 14.9. The molecule has 4 nitrogen and oxygen atoms in total. The zero-order valence-corrected chi connectivity index (χ0v) is 11.6. The van der Waals surface area contributed by atoms with Gasteiger partial charge in [0, 0.05) is 5.56 Å². The molecule has 106 valence electrons. The Kier molecular flexibility index (Phi) is 2.86. The molecule has 22 heavy (non-hydrogen) atoms. The summed E-state index contributed by atoms with van der Waals surface area (Å²) in [7, 11) is 0. The van der Waals surface area contributed by atoms with Crippen molar-refractivity contribution in [1.29, 1.82) is 0 Å². The van der Waals surface area contributed by atoms with Crippen molar-refractivity contribution >= 4 is 10.8 Å². The molecule has 0 aliphatic rings. The normalized spacial score (nSPS) is 10.9. The highest BCUT2D eigenvalue weighted by molar-refractivity contribution is 5.97. The minimum absolute atomic E-state index is 0.127. The van der Waals surface area contributed by atoms with Crippen molar-refractivity contribution in [2.24, 2.45) is 0 Å². The van der Waals surface area contributed by atoms with Gasteiger partial charge in [-0.25, -0.2) is 0 Å². The van der Waals surface area contributed by atoms with E-state index >= 15 is 0 Å². The summed E-state index contributed by atoms with van der Waals surface area (Å²) in [6, 6.07) is 20.9. The van der Waals surface area contributed by atoms with Gasteiger partial charge >= 0.3 is 0 Å². The SMILES string of the molecule is Oc1ccc2ccccc2c1-c1nc(-c2ccccc2)no1. The summed E-state index contributed by atoms with van der Waals surface area (Å²) in [5, 5.41) is 16.1. The van der Waals surface area contributed by atoms with Crippen molar-refractivity contribution in [3.05, 3.63) is 66.7 Å². The molecule has 4 heteroatoms. The summed E-state index contributed by atoms with van der Waals surface area (Å²) < 4.78 is 5.37. The molecule has 1 heterocycles. The van der Waals surface area contributed by atoms with Gasteiger partial charge in [-0.05, 0) is 16.8 Å². The zero-order valence-electron chi connectivity index (χ0n) is 11.6. The monoisotopic (exact) mass is 288 g/mol. The summed E-state index contributed by atoms with van der Waals surface area (Å²) in [4.78, 5) is 4.42. The maximum Gasteiger partial charge on any atom is 0.262 e. The van der Waals surface area contributed by atoms with Crippen LogP contribution in [0.1, 0.15) is 0 Å². The minimum atomic E-state index is 0.127. The van der Waals surface area contributed by atoms with Gasteiger partial charge in [-0.15, -0.1) is 0 Å². The van der Waals surface area contributed by atoms with E-state index in [4.69, 9.17) is 4.52 Å². The Balaban J connectivity index is 1.90. The first kappa shape index (κ1) is 12.6. The van der Waals surface area contributed by atoms with Crippen LogP contribution in [0.3, 0.4) is 0 Å². The second kappa shape index (κ2) is 5.00. The summed E-state index contributed by atoms with van der Waals surface area (Å²) in [5.74, 6) is 0.943. The van der Waals surface area contributed by atoms with E-state index in [9.17, 15) is 5.11 Å². The van der Waals surface area contributed by atoms with E-state index in [1.165, 1.54) is 0 Å². The minimum Gasteiger partial charge on any atom is -0.507 e. The predicted molar refractivity (Wildman–Crippen MR) is 84.3 cm³/mol.